The Morgan fingerprint density at radius 2 is 1.94 bits per heavy atom. The van der Waals surface area contributed by atoms with Crippen molar-refractivity contribution in [3.63, 3.8) is 0 Å². The summed E-state index contributed by atoms with van der Waals surface area (Å²) in [5.41, 5.74) is -1.05. The summed E-state index contributed by atoms with van der Waals surface area (Å²) in [6, 6.07) is 0.166. The lowest BCUT2D eigenvalue weighted by Crippen LogP contribution is -2.63. The third-order valence-electron chi connectivity index (χ3n) is 4.89. The normalized spacial score (nSPS) is 14.9. The molecular formula is C21H28F2N6O5S. The van der Waals surface area contributed by atoms with Gasteiger partial charge >= 0.3 is 12.1 Å². The largest absolute Gasteiger partial charge is 0.480 e. The molecule has 0 aliphatic carbocycles. The van der Waals surface area contributed by atoms with Crippen molar-refractivity contribution in [3.05, 3.63) is 48.1 Å². The zero-order valence-corrected chi connectivity index (χ0v) is 20.6. The molecular weight excluding hydrogens is 486 g/mol. The summed E-state index contributed by atoms with van der Waals surface area (Å²) >= 11 is 5.31. The van der Waals surface area contributed by atoms with Gasteiger partial charge in [0, 0.05) is 11.6 Å². The number of nitrogens with zero attached hydrogens (tertiary/aromatic N) is 4. The number of aliphatic hydroxyl groups is 1. The van der Waals surface area contributed by atoms with Crippen LogP contribution in [0.3, 0.4) is 0 Å². The Hall–Kier alpha value is -3.39. The van der Waals surface area contributed by atoms with E-state index in [-0.39, 0.29) is 17.2 Å². The van der Waals surface area contributed by atoms with Gasteiger partial charge in [-0.1, -0.05) is 6.07 Å². The molecule has 2 aromatic rings. The second-order valence-corrected chi connectivity index (χ2v) is 9.20. The van der Waals surface area contributed by atoms with Gasteiger partial charge in [0.05, 0.1) is 12.6 Å². The third kappa shape index (κ3) is 7.29. The number of benzene rings is 1. The van der Waals surface area contributed by atoms with Crippen LogP contribution < -0.4 is 10.7 Å². The van der Waals surface area contributed by atoms with Crippen LogP contribution in [0.5, 0.6) is 0 Å². The second kappa shape index (κ2) is 10.9. The first-order valence-electron chi connectivity index (χ1n) is 10.5. The molecule has 3 atom stereocenters. The molecule has 0 fully saturated rings. The number of hydrogen-bond acceptors (Lipinski definition) is 7. The SMILES string of the molecule is CC(NC(=S)N(NC(=O)OC(C)(C)C)C(C)C(O)(Cn1cncn1)c1ccc(F)cc1F)C(=O)O. The van der Waals surface area contributed by atoms with Crippen molar-refractivity contribution in [2.45, 2.75) is 64.4 Å². The number of rotatable bonds is 7. The molecule has 0 bridgehead atoms. The van der Waals surface area contributed by atoms with Crippen LogP contribution in [0.4, 0.5) is 13.6 Å². The van der Waals surface area contributed by atoms with Gasteiger partial charge in [0.2, 0.25) is 0 Å². The average molecular weight is 515 g/mol. The summed E-state index contributed by atoms with van der Waals surface area (Å²) in [4.78, 5) is 27.7. The number of ether oxygens (including phenoxy) is 1. The molecule has 0 saturated carbocycles. The van der Waals surface area contributed by atoms with Crippen LogP contribution in [-0.4, -0.2) is 64.8 Å². The van der Waals surface area contributed by atoms with Crippen molar-refractivity contribution in [2.75, 3.05) is 0 Å². The molecule has 11 nitrogen and oxygen atoms in total. The van der Waals surface area contributed by atoms with E-state index in [1.165, 1.54) is 31.2 Å². The minimum Gasteiger partial charge on any atom is -0.480 e. The van der Waals surface area contributed by atoms with Gasteiger partial charge in [-0.2, -0.15) is 5.10 Å². The number of aromatic nitrogens is 3. The van der Waals surface area contributed by atoms with Crippen LogP contribution in [0.25, 0.3) is 0 Å². The van der Waals surface area contributed by atoms with Gasteiger partial charge in [-0.15, -0.1) is 0 Å². The number of hydrogen-bond donors (Lipinski definition) is 4. The Morgan fingerprint density at radius 3 is 2.46 bits per heavy atom. The summed E-state index contributed by atoms with van der Waals surface area (Å²) < 4.78 is 35.0. The number of carbonyl (C=O) groups is 2. The quantitative estimate of drug-likeness (QED) is 0.320. The molecule has 14 heteroatoms. The number of halogens is 2. The third-order valence-corrected chi connectivity index (χ3v) is 5.20. The van der Waals surface area contributed by atoms with E-state index in [9.17, 15) is 28.6 Å². The fourth-order valence-electron chi connectivity index (χ4n) is 3.10. The Kier molecular flexibility index (Phi) is 8.68. The lowest BCUT2D eigenvalue weighted by Gasteiger charge is -2.42. The highest BCUT2D eigenvalue weighted by molar-refractivity contribution is 7.80. The van der Waals surface area contributed by atoms with Crippen LogP contribution in [0, 0.1) is 11.6 Å². The number of nitrogens with one attached hydrogen (secondary N) is 2. The topological polar surface area (TPSA) is 142 Å². The van der Waals surface area contributed by atoms with Gasteiger partial charge in [-0.3, -0.25) is 9.80 Å². The predicted octanol–water partition coefficient (Wildman–Crippen LogP) is 1.92. The maximum absolute atomic E-state index is 14.9. The molecule has 1 aromatic carbocycles. The minimum absolute atomic E-state index is 0.308. The standard InChI is InChI=1S/C21H28F2N6O5S/c1-12(17(30)31)26-18(35)29(27-19(32)34-20(3,4)5)13(2)21(33,9-28-11-24-10-25-28)15-7-6-14(22)8-16(15)23/h6-8,10-13,33H,9H2,1-5H3,(H,26,35)(H,27,32)(H,30,31). The van der Waals surface area contributed by atoms with E-state index in [4.69, 9.17) is 17.0 Å². The van der Waals surface area contributed by atoms with Gasteiger partial charge in [0.15, 0.2) is 5.11 Å². The first kappa shape index (κ1) is 27.9. The molecule has 1 heterocycles. The number of hydrazine groups is 1. The fraction of sp³-hybridized carbons (Fsp3) is 0.476. The smallest absolute Gasteiger partial charge is 0.426 e. The molecule has 1 aromatic heterocycles. The van der Waals surface area contributed by atoms with Crippen LogP contribution in [0.1, 0.15) is 40.2 Å². The highest BCUT2D eigenvalue weighted by Gasteiger charge is 2.44. The summed E-state index contributed by atoms with van der Waals surface area (Å²) in [6.45, 7) is 7.19. The van der Waals surface area contributed by atoms with Crippen LogP contribution >= 0.6 is 12.2 Å². The number of carboxylic acid groups (broad SMARTS) is 1. The Morgan fingerprint density at radius 1 is 1.29 bits per heavy atom. The highest BCUT2D eigenvalue weighted by Crippen LogP contribution is 2.32. The van der Waals surface area contributed by atoms with Gasteiger partial charge < -0.3 is 20.3 Å². The maximum atomic E-state index is 14.9. The first-order valence-corrected chi connectivity index (χ1v) is 10.9. The molecule has 0 saturated heterocycles. The number of amides is 1. The van der Waals surface area contributed by atoms with E-state index in [2.05, 4.69) is 20.8 Å². The maximum Gasteiger partial charge on any atom is 0.426 e. The Balaban J connectivity index is 2.55. The predicted molar refractivity (Wildman–Crippen MR) is 124 cm³/mol. The van der Waals surface area contributed by atoms with E-state index in [0.717, 1.165) is 17.1 Å². The highest BCUT2D eigenvalue weighted by atomic mass is 32.1. The Labute approximate surface area is 206 Å². The zero-order valence-electron chi connectivity index (χ0n) is 19.8. The van der Waals surface area contributed by atoms with Crippen molar-refractivity contribution in [1.82, 2.24) is 30.5 Å². The van der Waals surface area contributed by atoms with Crippen molar-refractivity contribution >= 4 is 29.4 Å². The number of aliphatic carboxylic acids is 1. The second-order valence-electron chi connectivity index (χ2n) is 8.81. The van der Waals surface area contributed by atoms with E-state index in [1.807, 2.05) is 0 Å². The first-order chi connectivity index (χ1) is 16.1. The molecule has 0 spiro atoms. The van der Waals surface area contributed by atoms with Crippen molar-refractivity contribution in [1.29, 1.82) is 0 Å². The van der Waals surface area contributed by atoms with Gasteiger partial charge in [-0.25, -0.2) is 28.7 Å². The fourth-order valence-corrected chi connectivity index (χ4v) is 3.48. The van der Waals surface area contributed by atoms with Crippen molar-refractivity contribution in [3.8, 4) is 0 Å². The van der Waals surface area contributed by atoms with Gasteiger partial charge in [-0.05, 0) is 52.9 Å². The van der Waals surface area contributed by atoms with E-state index in [1.54, 1.807) is 20.8 Å². The molecule has 0 radical (unpaired) electrons. The summed E-state index contributed by atoms with van der Waals surface area (Å²) in [6.07, 6.45) is 1.50. The number of thiocarbonyl (C=S) groups is 1. The molecule has 192 valence electrons. The summed E-state index contributed by atoms with van der Waals surface area (Å²) in [7, 11) is 0. The van der Waals surface area contributed by atoms with Crippen molar-refractivity contribution < 1.29 is 33.3 Å². The van der Waals surface area contributed by atoms with Crippen LogP contribution in [0.15, 0.2) is 30.9 Å². The van der Waals surface area contributed by atoms with Crippen molar-refractivity contribution in [2.24, 2.45) is 0 Å². The molecule has 0 aliphatic heterocycles. The van der Waals surface area contributed by atoms with E-state index in [0.29, 0.717) is 6.07 Å². The number of carboxylic acids is 1. The molecule has 0 aliphatic rings. The van der Waals surface area contributed by atoms with Crippen LogP contribution in [-0.2, 0) is 21.7 Å². The van der Waals surface area contributed by atoms with Gasteiger partial charge in [0.25, 0.3) is 0 Å². The Bertz CT molecular complexity index is 1060. The van der Waals surface area contributed by atoms with E-state index >= 15 is 0 Å². The molecule has 1 amide bonds. The summed E-state index contributed by atoms with van der Waals surface area (Å²) in [5.74, 6) is -3.16. The molecule has 35 heavy (non-hydrogen) atoms. The molecule has 2 rings (SSSR count). The monoisotopic (exact) mass is 514 g/mol. The van der Waals surface area contributed by atoms with Crippen LogP contribution in [0.2, 0.25) is 0 Å². The average Bonchev–Trinajstić information content (AvgIpc) is 3.22. The lowest BCUT2D eigenvalue weighted by molar-refractivity contribution is -0.138. The van der Waals surface area contributed by atoms with Gasteiger partial charge in [0.1, 0.15) is 41.5 Å². The number of carbonyl (C=O) groups excluding carboxylic acids is 1. The molecule has 4 N–H and O–H groups in total. The summed E-state index contributed by atoms with van der Waals surface area (Å²) in [5, 5.41) is 28.2. The zero-order chi connectivity index (χ0) is 26.6. The minimum atomic E-state index is -2.20. The molecule has 3 unspecified atom stereocenters. The van der Waals surface area contributed by atoms with E-state index < -0.39 is 47.0 Å². The lowest BCUT2D eigenvalue weighted by atomic mass is 9.86.